The molecule has 0 fully saturated rings. The zero-order valence-electron chi connectivity index (χ0n) is 13.6. The van der Waals surface area contributed by atoms with Gasteiger partial charge < -0.3 is 15.2 Å². The number of carbonyl (C=O) groups is 2. The summed E-state index contributed by atoms with van der Waals surface area (Å²) >= 11 is 3.30. The predicted molar refractivity (Wildman–Crippen MR) is 99.2 cm³/mol. The van der Waals surface area contributed by atoms with Crippen LogP contribution >= 0.6 is 15.9 Å². The van der Waals surface area contributed by atoms with E-state index in [0.29, 0.717) is 16.6 Å². The molecule has 0 saturated carbocycles. The number of carboxylic acid groups (broad SMARTS) is 1. The summed E-state index contributed by atoms with van der Waals surface area (Å²) in [4.78, 5) is 23.0. The molecule has 2 aromatic carbocycles. The van der Waals surface area contributed by atoms with Crippen LogP contribution in [0.4, 0.5) is 0 Å². The van der Waals surface area contributed by atoms with Crippen molar-refractivity contribution < 1.29 is 19.4 Å². The Kier molecular flexibility index (Phi) is 6.94. The highest BCUT2D eigenvalue weighted by atomic mass is 79.9. The lowest BCUT2D eigenvalue weighted by molar-refractivity contribution is -0.139. The normalized spacial score (nSPS) is 10.7. The lowest BCUT2D eigenvalue weighted by Gasteiger charge is -2.09. The lowest BCUT2D eigenvalue weighted by Crippen LogP contribution is -2.23. The fourth-order valence-electron chi connectivity index (χ4n) is 2.08. The molecule has 0 atom stereocenters. The van der Waals surface area contributed by atoms with Gasteiger partial charge >= 0.3 is 5.97 Å². The number of rotatable bonds is 7. The molecular weight excluding hydrogens is 400 g/mol. The average Bonchev–Trinajstić information content (AvgIpc) is 2.64. The minimum Gasteiger partial charge on any atom is -0.481 e. The number of hydrogen-bond acceptors (Lipinski definition) is 4. The number of carboxylic acids is 1. The van der Waals surface area contributed by atoms with Crippen LogP contribution in [0.1, 0.15) is 11.1 Å². The van der Waals surface area contributed by atoms with Crippen molar-refractivity contribution in [2.45, 2.75) is 6.54 Å². The number of halogens is 1. The molecule has 26 heavy (non-hydrogen) atoms. The summed E-state index contributed by atoms with van der Waals surface area (Å²) in [7, 11) is 0. The van der Waals surface area contributed by atoms with E-state index in [0.717, 1.165) is 5.56 Å². The third kappa shape index (κ3) is 5.76. The van der Waals surface area contributed by atoms with E-state index in [4.69, 9.17) is 9.84 Å². The second-order valence-corrected chi connectivity index (χ2v) is 6.12. The van der Waals surface area contributed by atoms with Crippen LogP contribution in [0.15, 0.2) is 58.6 Å². The number of benzene rings is 2. The maximum absolute atomic E-state index is 12.3. The molecule has 0 bridgehead atoms. The fourth-order valence-corrected chi connectivity index (χ4v) is 2.46. The van der Waals surface area contributed by atoms with Crippen LogP contribution < -0.4 is 10.1 Å². The molecule has 7 heteroatoms. The Hall–Kier alpha value is -3.11. The van der Waals surface area contributed by atoms with Gasteiger partial charge in [-0.15, -0.1) is 0 Å². The topological polar surface area (TPSA) is 99.4 Å². The first-order valence-corrected chi connectivity index (χ1v) is 8.37. The van der Waals surface area contributed by atoms with E-state index < -0.39 is 18.5 Å². The van der Waals surface area contributed by atoms with E-state index >= 15 is 0 Å². The molecule has 0 spiro atoms. The van der Waals surface area contributed by atoms with E-state index in [1.807, 2.05) is 36.4 Å². The molecule has 2 aromatic rings. The quantitative estimate of drug-likeness (QED) is 0.535. The van der Waals surface area contributed by atoms with Crippen LogP contribution in [-0.2, 0) is 16.1 Å². The second-order valence-electron chi connectivity index (χ2n) is 5.20. The van der Waals surface area contributed by atoms with Crippen molar-refractivity contribution in [2.24, 2.45) is 0 Å². The van der Waals surface area contributed by atoms with Crippen molar-refractivity contribution in [3.8, 4) is 11.8 Å². The Bertz CT molecular complexity index is 873. The molecule has 0 radical (unpaired) electrons. The van der Waals surface area contributed by atoms with Gasteiger partial charge in [0.05, 0.1) is 0 Å². The van der Waals surface area contributed by atoms with E-state index in [-0.39, 0.29) is 11.3 Å². The number of aliphatic carboxylic acids is 1. The van der Waals surface area contributed by atoms with Gasteiger partial charge in [-0.1, -0.05) is 46.3 Å². The number of nitriles is 1. The van der Waals surface area contributed by atoms with Crippen molar-refractivity contribution in [3.05, 3.63) is 69.7 Å². The highest BCUT2D eigenvalue weighted by Gasteiger charge is 2.12. The van der Waals surface area contributed by atoms with Gasteiger partial charge in [-0.05, 0) is 29.8 Å². The molecule has 0 aliphatic rings. The molecule has 0 aliphatic carbocycles. The second kappa shape index (κ2) is 9.39. The van der Waals surface area contributed by atoms with Crippen molar-refractivity contribution >= 4 is 33.9 Å². The summed E-state index contributed by atoms with van der Waals surface area (Å²) in [6.07, 6.45) is 1.36. The van der Waals surface area contributed by atoms with Gasteiger partial charge in [0.2, 0.25) is 0 Å². The van der Waals surface area contributed by atoms with Crippen LogP contribution in [0.25, 0.3) is 6.08 Å². The Labute approximate surface area is 158 Å². The van der Waals surface area contributed by atoms with Gasteiger partial charge in [-0.25, -0.2) is 4.79 Å². The minimum absolute atomic E-state index is 0.112. The van der Waals surface area contributed by atoms with Gasteiger partial charge in [-0.2, -0.15) is 5.26 Å². The summed E-state index contributed by atoms with van der Waals surface area (Å²) in [5.41, 5.74) is 1.22. The number of nitrogens with zero attached hydrogens (tertiary/aromatic N) is 1. The third-order valence-corrected chi connectivity index (χ3v) is 3.78. The standard InChI is InChI=1S/C19H15BrN2O4/c20-16-6-7-17(26-12-18(23)24)14(9-16)8-15(10-21)19(25)22-11-13-4-2-1-3-5-13/h1-9H,11-12H2,(H,22,25)(H,23,24)/b15-8+. The zero-order chi connectivity index (χ0) is 18.9. The van der Waals surface area contributed by atoms with Crippen molar-refractivity contribution in [1.82, 2.24) is 5.32 Å². The third-order valence-electron chi connectivity index (χ3n) is 3.28. The van der Waals surface area contributed by atoms with Crippen LogP contribution in [0, 0.1) is 11.3 Å². The smallest absolute Gasteiger partial charge is 0.341 e. The van der Waals surface area contributed by atoms with Gasteiger partial charge in [0.25, 0.3) is 5.91 Å². The first-order valence-electron chi connectivity index (χ1n) is 7.57. The molecule has 132 valence electrons. The summed E-state index contributed by atoms with van der Waals surface area (Å²) in [6, 6.07) is 16.1. The molecule has 2 N–H and O–H groups in total. The first kappa shape index (κ1) is 19.2. The van der Waals surface area contributed by atoms with E-state index in [1.165, 1.54) is 6.08 Å². The number of nitrogens with one attached hydrogen (secondary N) is 1. The van der Waals surface area contributed by atoms with Crippen LogP contribution in [0.2, 0.25) is 0 Å². The monoisotopic (exact) mass is 414 g/mol. The Morgan fingerprint density at radius 1 is 1.23 bits per heavy atom. The molecule has 0 unspecified atom stereocenters. The highest BCUT2D eigenvalue weighted by Crippen LogP contribution is 2.25. The summed E-state index contributed by atoms with van der Waals surface area (Å²) < 4.78 is 5.90. The van der Waals surface area contributed by atoms with E-state index in [9.17, 15) is 14.9 Å². The fraction of sp³-hybridized carbons (Fsp3) is 0.105. The Balaban J connectivity index is 2.19. The van der Waals surface area contributed by atoms with Crippen molar-refractivity contribution in [2.75, 3.05) is 6.61 Å². The Morgan fingerprint density at radius 2 is 1.96 bits per heavy atom. The number of hydrogen-bond donors (Lipinski definition) is 2. The predicted octanol–water partition coefficient (Wildman–Crippen LogP) is 3.14. The molecule has 0 aliphatic heterocycles. The van der Waals surface area contributed by atoms with Gasteiger partial charge in [0.1, 0.15) is 17.4 Å². The van der Waals surface area contributed by atoms with Crippen molar-refractivity contribution in [1.29, 1.82) is 5.26 Å². The van der Waals surface area contributed by atoms with Crippen LogP contribution in [0.3, 0.4) is 0 Å². The van der Waals surface area contributed by atoms with Gasteiger partial charge in [0.15, 0.2) is 6.61 Å². The minimum atomic E-state index is -1.12. The summed E-state index contributed by atoms with van der Waals surface area (Å²) in [5, 5.41) is 20.7. The largest absolute Gasteiger partial charge is 0.481 e. The van der Waals surface area contributed by atoms with E-state index in [2.05, 4.69) is 21.2 Å². The maximum atomic E-state index is 12.3. The maximum Gasteiger partial charge on any atom is 0.341 e. The molecule has 2 rings (SSSR count). The first-order chi connectivity index (χ1) is 12.5. The average molecular weight is 415 g/mol. The molecular formula is C19H15BrN2O4. The lowest BCUT2D eigenvalue weighted by atomic mass is 10.1. The summed E-state index contributed by atoms with van der Waals surface area (Å²) in [6.45, 7) is -0.232. The van der Waals surface area contributed by atoms with Crippen LogP contribution in [0.5, 0.6) is 5.75 Å². The summed E-state index contributed by atoms with van der Waals surface area (Å²) in [5.74, 6) is -1.39. The Morgan fingerprint density at radius 3 is 2.62 bits per heavy atom. The molecule has 0 heterocycles. The molecule has 0 aromatic heterocycles. The van der Waals surface area contributed by atoms with E-state index in [1.54, 1.807) is 18.2 Å². The molecule has 1 amide bonds. The SMILES string of the molecule is N#C/C(=C\c1cc(Br)ccc1OCC(=O)O)C(=O)NCc1ccccc1. The number of ether oxygens (including phenoxy) is 1. The number of carbonyl (C=O) groups excluding carboxylic acids is 1. The zero-order valence-corrected chi connectivity index (χ0v) is 15.2. The highest BCUT2D eigenvalue weighted by molar-refractivity contribution is 9.10. The number of amides is 1. The molecule has 0 saturated heterocycles. The molecule has 6 nitrogen and oxygen atoms in total. The van der Waals surface area contributed by atoms with Gasteiger partial charge in [-0.3, -0.25) is 4.79 Å². The van der Waals surface area contributed by atoms with Crippen molar-refractivity contribution in [3.63, 3.8) is 0 Å². The van der Waals surface area contributed by atoms with Crippen LogP contribution in [-0.4, -0.2) is 23.6 Å². The van der Waals surface area contributed by atoms with Gasteiger partial charge in [0, 0.05) is 16.6 Å².